The maximum absolute atomic E-state index is 13.3. The van der Waals surface area contributed by atoms with Crippen LogP contribution >= 0.6 is 0 Å². The highest BCUT2D eigenvalue weighted by molar-refractivity contribution is 5.94. The molecular formula is C13H12F2N2O3. The standard InChI is InChI=1S/C13H12F2N2O3/c1-6-10(12(18)20-2)11(17-13(19)16-6)7-3-8(14)5-9(15)4-7/h3-5,11H,1-2H3,(H2,16,17,19). The predicted molar refractivity (Wildman–Crippen MR) is 65.5 cm³/mol. The minimum absolute atomic E-state index is 0.0945. The molecule has 0 radical (unpaired) electrons. The Morgan fingerprint density at radius 1 is 1.25 bits per heavy atom. The molecule has 0 aromatic heterocycles. The van der Waals surface area contributed by atoms with Crippen LogP contribution in [0.1, 0.15) is 18.5 Å². The van der Waals surface area contributed by atoms with Gasteiger partial charge in [-0.05, 0) is 24.6 Å². The van der Waals surface area contributed by atoms with Crippen LogP contribution in [-0.4, -0.2) is 19.1 Å². The summed E-state index contributed by atoms with van der Waals surface area (Å²) in [6, 6.07) is 1.28. The minimum Gasteiger partial charge on any atom is -0.466 e. The molecule has 0 saturated carbocycles. The van der Waals surface area contributed by atoms with Crippen molar-refractivity contribution in [1.82, 2.24) is 10.6 Å². The van der Waals surface area contributed by atoms with Crippen LogP contribution in [0.4, 0.5) is 13.6 Å². The SMILES string of the molecule is COC(=O)C1=C(C)NC(=O)NC1c1cc(F)cc(F)c1. The first-order valence-corrected chi connectivity index (χ1v) is 5.75. The Labute approximate surface area is 113 Å². The van der Waals surface area contributed by atoms with Crippen molar-refractivity contribution in [2.24, 2.45) is 0 Å². The molecule has 5 nitrogen and oxygen atoms in total. The molecule has 1 atom stereocenters. The molecule has 1 aromatic carbocycles. The van der Waals surface area contributed by atoms with E-state index in [1.807, 2.05) is 0 Å². The van der Waals surface area contributed by atoms with Crippen LogP contribution in [0.3, 0.4) is 0 Å². The van der Waals surface area contributed by atoms with E-state index in [0.717, 1.165) is 12.1 Å². The van der Waals surface area contributed by atoms with E-state index in [2.05, 4.69) is 15.4 Å². The Balaban J connectivity index is 2.53. The zero-order chi connectivity index (χ0) is 14.9. The monoisotopic (exact) mass is 282 g/mol. The van der Waals surface area contributed by atoms with Crippen LogP contribution in [-0.2, 0) is 9.53 Å². The van der Waals surface area contributed by atoms with Crippen LogP contribution in [0.5, 0.6) is 0 Å². The molecule has 7 heteroatoms. The third kappa shape index (κ3) is 2.61. The fraction of sp³-hybridized carbons (Fsp3) is 0.231. The summed E-state index contributed by atoms with van der Waals surface area (Å²) in [5, 5.41) is 4.86. The smallest absolute Gasteiger partial charge is 0.337 e. The quantitative estimate of drug-likeness (QED) is 0.812. The van der Waals surface area contributed by atoms with Gasteiger partial charge in [0, 0.05) is 11.8 Å². The molecule has 0 fully saturated rings. The summed E-state index contributed by atoms with van der Waals surface area (Å²) in [5.74, 6) is -2.28. The van der Waals surface area contributed by atoms with Crippen molar-refractivity contribution in [2.75, 3.05) is 7.11 Å². The number of halogens is 2. The first kappa shape index (κ1) is 14.0. The number of hydrogen-bond donors (Lipinski definition) is 2. The van der Waals surface area contributed by atoms with Crippen molar-refractivity contribution in [3.8, 4) is 0 Å². The lowest BCUT2D eigenvalue weighted by Crippen LogP contribution is -2.45. The highest BCUT2D eigenvalue weighted by Gasteiger charge is 2.32. The van der Waals surface area contributed by atoms with Crippen molar-refractivity contribution >= 4 is 12.0 Å². The molecule has 2 rings (SSSR count). The summed E-state index contributed by atoms with van der Waals surface area (Å²) in [5.41, 5.74) is 0.490. The van der Waals surface area contributed by atoms with Crippen molar-refractivity contribution in [3.05, 3.63) is 46.7 Å². The summed E-state index contributed by atoms with van der Waals surface area (Å²) >= 11 is 0. The van der Waals surface area contributed by atoms with Crippen molar-refractivity contribution in [1.29, 1.82) is 0 Å². The Morgan fingerprint density at radius 3 is 2.40 bits per heavy atom. The summed E-state index contributed by atoms with van der Waals surface area (Å²) in [7, 11) is 1.18. The second kappa shape index (κ2) is 5.28. The Morgan fingerprint density at radius 2 is 1.85 bits per heavy atom. The summed E-state index contributed by atoms with van der Waals surface area (Å²) in [6.45, 7) is 1.51. The average molecular weight is 282 g/mol. The molecule has 1 aliphatic heterocycles. The molecule has 106 valence electrons. The van der Waals surface area contributed by atoms with E-state index in [1.165, 1.54) is 14.0 Å². The van der Waals surface area contributed by atoms with Gasteiger partial charge < -0.3 is 15.4 Å². The van der Waals surface area contributed by atoms with Gasteiger partial charge in [0.25, 0.3) is 0 Å². The van der Waals surface area contributed by atoms with Gasteiger partial charge in [0.2, 0.25) is 0 Å². The molecule has 0 saturated heterocycles. The Bertz CT molecular complexity index is 593. The second-order valence-electron chi connectivity index (χ2n) is 4.26. The normalized spacial score (nSPS) is 18.4. The van der Waals surface area contributed by atoms with Crippen LogP contribution in [0.15, 0.2) is 29.5 Å². The topological polar surface area (TPSA) is 67.4 Å². The first-order chi connectivity index (χ1) is 9.42. The van der Waals surface area contributed by atoms with Gasteiger partial charge in [-0.15, -0.1) is 0 Å². The van der Waals surface area contributed by atoms with Gasteiger partial charge in [-0.25, -0.2) is 18.4 Å². The van der Waals surface area contributed by atoms with Crippen molar-refractivity contribution in [3.63, 3.8) is 0 Å². The fourth-order valence-corrected chi connectivity index (χ4v) is 2.07. The third-order valence-corrected chi connectivity index (χ3v) is 2.89. The number of hydrogen-bond acceptors (Lipinski definition) is 3. The highest BCUT2D eigenvalue weighted by atomic mass is 19.1. The molecule has 1 aromatic rings. The van der Waals surface area contributed by atoms with Gasteiger partial charge >= 0.3 is 12.0 Å². The molecule has 1 heterocycles. The van der Waals surface area contributed by atoms with E-state index in [4.69, 9.17) is 0 Å². The molecule has 20 heavy (non-hydrogen) atoms. The Hall–Kier alpha value is -2.44. The molecular weight excluding hydrogens is 270 g/mol. The number of benzene rings is 1. The van der Waals surface area contributed by atoms with Gasteiger partial charge in [-0.1, -0.05) is 0 Å². The first-order valence-electron chi connectivity index (χ1n) is 5.75. The lowest BCUT2D eigenvalue weighted by Gasteiger charge is -2.27. The van der Waals surface area contributed by atoms with E-state index in [0.29, 0.717) is 6.07 Å². The van der Waals surface area contributed by atoms with Gasteiger partial charge in [0.1, 0.15) is 11.6 Å². The van der Waals surface area contributed by atoms with Gasteiger partial charge in [-0.2, -0.15) is 0 Å². The van der Waals surface area contributed by atoms with E-state index < -0.39 is 29.7 Å². The van der Waals surface area contributed by atoms with E-state index in [1.54, 1.807) is 0 Å². The molecule has 2 N–H and O–H groups in total. The number of carbonyl (C=O) groups is 2. The molecule has 1 aliphatic rings. The lowest BCUT2D eigenvalue weighted by atomic mass is 9.95. The summed E-state index contributed by atoms with van der Waals surface area (Å²) < 4.78 is 31.2. The molecule has 2 amide bonds. The lowest BCUT2D eigenvalue weighted by molar-refractivity contribution is -0.136. The number of rotatable bonds is 2. The van der Waals surface area contributed by atoms with Gasteiger partial charge in [-0.3, -0.25) is 0 Å². The molecule has 0 spiro atoms. The van der Waals surface area contributed by atoms with E-state index in [9.17, 15) is 18.4 Å². The van der Waals surface area contributed by atoms with Crippen molar-refractivity contribution < 1.29 is 23.1 Å². The van der Waals surface area contributed by atoms with Crippen molar-refractivity contribution in [2.45, 2.75) is 13.0 Å². The number of ether oxygens (including phenoxy) is 1. The average Bonchev–Trinajstić information content (AvgIpc) is 2.35. The van der Waals surface area contributed by atoms with Crippen LogP contribution in [0, 0.1) is 11.6 Å². The van der Waals surface area contributed by atoms with Crippen LogP contribution in [0.25, 0.3) is 0 Å². The molecule has 0 bridgehead atoms. The molecule has 0 aliphatic carbocycles. The zero-order valence-electron chi connectivity index (χ0n) is 10.8. The van der Waals surface area contributed by atoms with Gasteiger partial charge in [0.15, 0.2) is 0 Å². The number of allylic oxidation sites excluding steroid dienone is 1. The summed E-state index contributed by atoms with van der Waals surface area (Å²) in [4.78, 5) is 23.3. The number of nitrogens with one attached hydrogen (secondary N) is 2. The number of urea groups is 1. The number of methoxy groups -OCH3 is 1. The number of amides is 2. The highest BCUT2D eigenvalue weighted by Crippen LogP contribution is 2.28. The number of carbonyl (C=O) groups excluding carboxylic acids is 2. The maximum Gasteiger partial charge on any atom is 0.337 e. The minimum atomic E-state index is -0.971. The fourth-order valence-electron chi connectivity index (χ4n) is 2.07. The molecule has 1 unspecified atom stereocenters. The maximum atomic E-state index is 13.3. The Kier molecular flexibility index (Phi) is 3.69. The predicted octanol–water partition coefficient (Wildman–Crippen LogP) is 1.77. The summed E-state index contributed by atoms with van der Waals surface area (Å²) in [6.07, 6.45) is 0. The second-order valence-corrected chi connectivity index (χ2v) is 4.26. The van der Waals surface area contributed by atoms with Crippen LogP contribution < -0.4 is 10.6 Å². The zero-order valence-corrected chi connectivity index (χ0v) is 10.8. The van der Waals surface area contributed by atoms with Crippen LogP contribution in [0.2, 0.25) is 0 Å². The number of esters is 1. The van der Waals surface area contributed by atoms with E-state index in [-0.39, 0.29) is 16.8 Å². The largest absolute Gasteiger partial charge is 0.466 e. The van der Waals surface area contributed by atoms with Gasteiger partial charge in [0.05, 0.1) is 18.7 Å². The third-order valence-electron chi connectivity index (χ3n) is 2.89. The van der Waals surface area contributed by atoms with E-state index >= 15 is 0 Å².